The molecule has 0 saturated carbocycles. The Hall–Kier alpha value is -12.8. The lowest BCUT2D eigenvalue weighted by atomic mass is 9.99. The van der Waals surface area contributed by atoms with Crippen LogP contribution in [0, 0.1) is 13.8 Å². The average Bonchev–Trinajstić information content (AvgIpc) is 1.13. The van der Waals surface area contributed by atoms with Gasteiger partial charge in [0.15, 0.2) is 34.6 Å². The molecule has 0 fully saturated rings. The van der Waals surface area contributed by atoms with Crippen molar-refractivity contribution in [2.75, 3.05) is 0 Å². The first-order valence-corrected chi connectivity index (χ1v) is 32.0. The lowest BCUT2D eigenvalue weighted by molar-refractivity contribution is -0.118. The first kappa shape index (κ1) is 62.7. The molecule has 0 unspecified atom stereocenters. The number of ketones is 3. The normalized spacial score (nSPS) is 11.1. The lowest BCUT2D eigenvalue weighted by Gasteiger charge is -2.08. The number of furan rings is 6. The topological polar surface area (TPSA) is 207 Å². The zero-order chi connectivity index (χ0) is 66.7. The minimum absolute atomic E-state index is 0.147. The molecule has 16 aromatic rings. The molecule has 0 amide bonds. The van der Waals surface area contributed by atoms with Gasteiger partial charge in [0.05, 0.1) is 70.7 Å². The van der Waals surface area contributed by atoms with Gasteiger partial charge in [0.2, 0.25) is 0 Å². The maximum atomic E-state index is 12.9. The minimum atomic E-state index is 0.147. The first-order chi connectivity index (χ1) is 48.0. The summed E-state index contributed by atoms with van der Waals surface area (Å²) < 4.78 is 33.5. The quantitative estimate of drug-likeness (QED) is 0.0738. The molecule has 0 aliphatic heterocycles. The standard InChI is InChI=1S/C31H22N2O3.2C26H20N2O3/c34-25(18-21-10-13-24(14-11-21)23-6-2-1-3-7-23)19-22-12-15-26-27(20-22)33-31(29-9-5-17-36-29)30(32-26)28-8-4-16-35-28;2*1-17-6-8-18(9-7-17)14-20(29)15-19-10-11-21-22(16-19)28-26(24-5-3-13-31-24)25(27-21)23-4-2-12-30-23/h1-17,20H,18-19H2;2*2-13,16H,14-15H2,1H3. The predicted octanol–water partition coefficient (Wildman–Crippen LogP) is 18.8. The maximum Gasteiger partial charge on any atom is 0.154 e. The van der Waals surface area contributed by atoms with Gasteiger partial charge < -0.3 is 26.5 Å². The lowest BCUT2D eigenvalue weighted by Crippen LogP contribution is -2.07. The highest BCUT2D eigenvalue weighted by Gasteiger charge is 2.22. The second-order valence-electron chi connectivity index (χ2n) is 23.8. The molecule has 0 aliphatic carbocycles. The van der Waals surface area contributed by atoms with E-state index < -0.39 is 0 Å². The zero-order valence-corrected chi connectivity index (χ0v) is 53.5. The molecule has 0 spiro atoms. The van der Waals surface area contributed by atoms with Crippen LogP contribution >= 0.6 is 0 Å². The third-order valence-electron chi connectivity index (χ3n) is 16.4. The summed E-state index contributed by atoms with van der Waals surface area (Å²) in [6.45, 7) is 4.08. The highest BCUT2D eigenvalue weighted by Crippen LogP contribution is 2.36. The second kappa shape index (κ2) is 28.9. The zero-order valence-electron chi connectivity index (χ0n) is 53.5. The molecule has 0 radical (unpaired) electrons. The van der Waals surface area contributed by atoms with E-state index in [0.717, 1.165) is 61.1 Å². The van der Waals surface area contributed by atoms with E-state index in [1.807, 2.05) is 220 Å². The van der Waals surface area contributed by atoms with Gasteiger partial charge in [-0.3, -0.25) is 14.4 Å². The van der Waals surface area contributed by atoms with Crippen molar-refractivity contribution in [3.63, 3.8) is 0 Å². The molecule has 0 N–H and O–H groups in total. The fourth-order valence-corrected chi connectivity index (χ4v) is 11.6. The van der Waals surface area contributed by atoms with Gasteiger partial charge in [0.25, 0.3) is 0 Å². The van der Waals surface area contributed by atoms with Crippen molar-refractivity contribution in [1.82, 2.24) is 29.9 Å². The second-order valence-corrected chi connectivity index (χ2v) is 23.8. The van der Waals surface area contributed by atoms with Crippen molar-refractivity contribution in [2.45, 2.75) is 52.4 Å². The number of hydrogen-bond acceptors (Lipinski definition) is 15. The van der Waals surface area contributed by atoms with E-state index in [1.165, 1.54) is 11.1 Å². The van der Waals surface area contributed by atoms with E-state index in [0.29, 0.717) is 124 Å². The van der Waals surface area contributed by atoms with Gasteiger partial charge in [-0.25, -0.2) is 29.9 Å². The van der Waals surface area contributed by atoms with Crippen LogP contribution in [-0.2, 0) is 52.9 Å². The number of nitrogens with zero attached hydrogens (tertiary/aromatic N) is 6. The molecule has 0 aliphatic rings. The summed E-state index contributed by atoms with van der Waals surface area (Å²) in [5, 5.41) is 0. The van der Waals surface area contributed by atoms with Gasteiger partial charge in [-0.05, 0) is 168 Å². The van der Waals surface area contributed by atoms with E-state index in [1.54, 1.807) is 37.6 Å². The highest BCUT2D eigenvalue weighted by atomic mass is 16.3. The first-order valence-electron chi connectivity index (χ1n) is 32.0. The Morgan fingerprint density at radius 1 is 0.245 bits per heavy atom. The van der Waals surface area contributed by atoms with Crippen LogP contribution in [0.4, 0.5) is 0 Å². The third-order valence-corrected chi connectivity index (χ3v) is 16.4. The Morgan fingerprint density at radius 2 is 0.480 bits per heavy atom. The molecule has 98 heavy (non-hydrogen) atoms. The summed E-state index contributed by atoms with van der Waals surface area (Å²) in [7, 11) is 0. The predicted molar refractivity (Wildman–Crippen MR) is 376 cm³/mol. The van der Waals surface area contributed by atoms with Gasteiger partial charge in [0, 0.05) is 38.5 Å². The molecular formula is C83H62N6O9. The molecule has 0 saturated heterocycles. The Morgan fingerprint density at radius 3 is 0.745 bits per heavy atom. The number of fused-ring (bicyclic) bond motifs is 3. The number of aryl methyl sites for hydroxylation is 2. The van der Waals surface area contributed by atoms with Gasteiger partial charge in [-0.1, -0.05) is 132 Å². The smallest absolute Gasteiger partial charge is 0.154 e. The largest absolute Gasteiger partial charge is 0.463 e. The molecule has 0 atom stereocenters. The monoisotopic (exact) mass is 1290 g/mol. The fraction of sp³-hybridized carbons (Fsp3) is 0.0964. The molecule has 9 aromatic heterocycles. The van der Waals surface area contributed by atoms with Crippen LogP contribution in [0.2, 0.25) is 0 Å². The summed E-state index contributed by atoms with van der Waals surface area (Å²) in [4.78, 5) is 66.9. The summed E-state index contributed by atoms with van der Waals surface area (Å²) in [6, 6.07) is 73.8. The van der Waals surface area contributed by atoms with Crippen molar-refractivity contribution in [2.24, 2.45) is 0 Å². The van der Waals surface area contributed by atoms with Crippen LogP contribution in [0.3, 0.4) is 0 Å². The number of aromatic nitrogens is 6. The van der Waals surface area contributed by atoms with Gasteiger partial charge >= 0.3 is 0 Å². The van der Waals surface area contributed by atoms with E-state index in [4.69, 9.17) is 56.4 Å². The SMILES string of the molecule is Cc1ccc(CC(=O)Cc2ccc3nc(-c4ccco4)c(-c4ccco4)nc3c2)cc1.Cc1ccc(CC(=O)Cc2ccc3nc(-c4ccco4)c(-c4ccco4)nc3c2)cc1.O=C(Cc1ccc(-c2ccccc2)cc1)Cc1ccc2nc(-c3ccco3)c(-c3ccco3)nc2c1. The van der Waals surface area contributed by atoms with Crippen LogP contribution in [-0.4, -0.2) is 47.3 Å². The molecule has 15 heteroatoms. The van der Waals surface area contributed by atoms with E-state index in [-0.39, 0.29) is 17.3 Å². The molecule has 478 valence electrons. The van der Waals surface area contributed by atoms with Crippen LogP contribution in [0.5, 0.6) is 0 Å². The average molecular weight is 1290 g/mol. The van der Waals surface area contributed by atoms with Gasteiger partial charge in [0.1, 0.15) is 51.5 Å². The summed E-state index contributed by atoms with van der Waals surface area (Å²) in [6.07, 6.45) is 11.9. The summed E-state index contributed by atoms with van der Waals surface area (Å²) in [5.41, 5.74) is 18.4. The van der Waals surface area contributed by atoms with Crippen molar-refractivity contribution < 1.29 is 40.9 Å². The number of rotatable bonds is 19. The molecule has 9 heterocycles. The van der Waals surface area contributed by atoms with Crippen molar-refractivity contribution in [1.29, 1.82) is 0 Å². The molecule has 0 bridgehead atoms. The van der Waals surface area contributed by atoms with E-state index in [9.17, 15) is 14.4 Å². The summed E-state index contributed by atoms with van der Waals surface area (Å²) >= 11 is 0. The number of carbonyl (C=O) groups excluding carboxylic acids is 3. The maximum absolute atomic E-state index is 12.9. The number of carbonyl (C=O) groups is 3. The number of benzene rings is 7. The summed E-state index contributed by atoms with van der Waals surface area (Å²) in [5.74, 6) is 4.17. The van der Waals surface area contributed by atoms with Crippen molar-refractivity contribution >= 4 is 50.4 Å². The van der Waals surface area contributed by atoms with Crippen LogP contribution in [0.25, 0.3) is 113 Å². The van der Waals surface area contributed by atoms with E-state index in [2.05, 4.69) is 24.3 Å². The molecular weight excluding hydrogens is 1220 g/mol. The van der Waals surface area contributed by atoms with Crippen molar-refractivity contribution in [3.8, 4) is 79.9 Å². The van der Waals surface area contributed by atoms with Gasteiger partial charge in [-0.2, -0.15) is 0 Å². The Balaban J connectivity index is 0.000000126. The Bertz CT molecular complexity index is 5150. The van der Waals surface area contributed by atoms with Crippen LogP contribution in [0.1, 0.15) is 44.5 Å². The Kier molecular flexibility index (Phi) is 18.5. The Labute approximate surface area is 563 Å². The van der Waals surface area contributed by atoms with Crippen LogP contribution < -0.4 is 0 Å². The van der Waals surface area contributed by atoms with Crippen LogP contribution in [0.15, 0.2) is 295 Å². The molecule has 16 rings (SSSR count). The third kappa shape index (κ3) is 14.9. The molecule has 7 aromatic carbocycles. The number of hydrogen-bond donors (Lipinski definition) is 0. The van der Waals surface area contributed by atoms with Gasteiger partial charge in [-0.15, -0.1) is 0 Å². The minimum Gasteiger partial charge on any atom is -0.463 e. The molecule has 15 nitrogen and oxygen atoms in total. The van der Waals surface area contributed by atoms with E-state index >= 15 is 0 Å². The highest BCUT2D eigenvalue weighted by molar-refractivity contribution is 5.90. The van der Waals surface area contributed by atoms with Crippen molar-refractivity contribution in [3.05, 3.63) is 313 Å². The number of Topliss-reactive ketones (excluding diaryl/α,β-unsaturated/α-hetero) is 3. The fourth-order valence-electron chi connectivity index (χ4n) is 11.6.